The smallest absolute Gasteiger partial charge is 0.254 e. The number of benzene rings is 1. The van der Waals surface area contributed by atoms with Gasteiger partial charge in [0.1, 0.15) is 12.2 Å². The first-order valence-corrected chi connectivity index (χ1v) is 7.65. The van der Waals surface area contributed by atoms with Crippen molar-refractivity contribution < 1.29 is 9.21 Å². The summed E-state index contributed by atoms with van der Waals surface area (Å²) in [7, 11) is 0. The van der Waals surface area contributed by atoms with E-state index in [1.807, 2.05) is 31.2 Å². The van der Waals surface area contributed by atoms with Crippen LogP contribution >= 0.6 is 0 Å². The van der Waals surface area contributed by atoms with Gasteiger partial charge in [-0.1, -0.05) is 25.1 Å². The maximum Gasteiger partial charge on any atom is 0.254 e. The van der Waals surface area contributed by atoms with E-state index in [1.54, 1.807) is 12.1 Å². The molecule has 0 atom stereocenters. The van der Waals surface area contributed by atoms with Gasteiger partial charge in [-0.05, 0) is 30.2 Å². The molecule has 24 heavy (non-hydrogen) atoms. The van der Waals surface area contributed by atoms with E-state index in [0.29, 0.717) is 11.5 Å². The molecule has 1 aromatic carbocycles. The number of carbonyl (C=O) groups excluding carboxylic acids is 1. The van der Waals surface area contributed by atoms with Gasteiger partial charge >= 0.3 is 0 Å². The Kier molecular flexibility index (Phi) is 4.56. The minimum Gasteiger partial charge on any atom is -0.463 e. The van der Waals surface area contributed by atoms with Gasteiger partial charge in [-0.2, -0.15) is 0 Å². The van der Waals surface area contributed by atoms with Gasteiger partial charge in [0.25, 0.3) is 5.56 Å². The van der Waals surface area contributed by atoms with Crippen LogP contribution in [0.25, 0.3) is 11.5 Å². The average molecular weight is 323 g/mol. The summed E-state index contributed by atoms with van der Waals surface area (Å²) in [5, 5.41) is 2.83. The van der Waals surface area contributed by atoms with Crippen LogP contribution in [0.4, 0.5) is 5.69 Å². The molecule has 3 rings (SSSR count). The van der Waals surface area contributed by atoms with Crippen LogP contribution in [0.3, 0.4) is 0 Å². The van der Waals surface area contributed by atoms with Gasteiger partial charge in [-0.15, -0.1) is 0 Å². The fourth-order valence-corrected chi connectivity index (χ4v) is 2.40. The van der Waals surface area contributed by atoms with Gasteiger partial charge in [0.05, 0.1) is 12.6 Å². The number of anilines is 1. The summed E-state index contributed by atoms with van der Waals surface area (Å²) < 4.78 is 6.47. The molecule has 1 amide bonds. The monoisotopic (exact) mass is 323 g/mol. The number of hydrogen-bond acceptors (Lipinski definition) is 4. The molecule has 0 radical (unpaired) electrons. The van der Waals surface area contributed by atoms with Crippen LogP contribution in [0.2, 0.25) is 0 Å². The number of nitrogens with zero attached hydrogens (tertiary/aromatic N) is 2. The van der Waals surface area contributed by atoms with Gasteiger partial charge in [0, 0.05) is 11.8 Å². The van der Waals surface area contributed by atoms with Crippen LogP contribution in [-0.2, 0) is 17.8 Å². The molecule has 0 aliphatic heterocycles. The van der Waals surface area contributed by atoms with Gasteiger partial charge in [0.15, 0.2) is 5.76 Å². The first kappa shape index (κ1) is 15.7. The number of aryl methyl sites for hydroxylation is 1. The van der Waals surface area contributed by atoms with E-state index in [0.717, 1.165) is 17.7 Å². The lowest BCUT2D eigenvalue weighted by Crippen LogP contribution is -2.27. The van der Waals surface area contributed by atoms with Gasteiger partial charge in [-0.25, -0.2) is 4.98 Å². The van der Waals surface area contributed by atoms with Crippen molar-refractivity contribution in [3.05, 3.63) is 71.0 Å². The van der Waals surface area contributed by atoms with Crippen molar-refractivity contribution >= 4 is 11.6 Å². The molecule has 6 nitrogen and oxygen atoms in total. The molecule has 0 bridgehead atoms. The van der Waals surface area contributed by atoms with E-state index in [9.17, 15) is 9.59 Å². The topological polar surface area (TPSA) is 77.1 Å². The summed E-state index contributed by atoms with van der Waals surface area (Å²) in [6.45, 7) is 1.93. The average Bonchev–Trinajstić information content (AvgIpc) is 3.12. The molecule has 0 aliphatic carbocycles. The zero-order valence-corrected chi connectivity index (χ0v) is 13.2. The Morgan fingerprint density at radius 1 is 1.25 bits per heavy atom. The Morgan fingerprint density at radius 2 is 2.08 bits per heavy atom. The van der Waals surface area contributed by atoms with E-state index in [-0.39, 0.29) is 18.0 Å². The Morgan fingerprint density at radius 3 is 2.79 bits per heavy atom. The minimum atomic E-state index is -0.310. The summed E-state index contributed by atoms with van der Waals surface area (Å²) in [4.78, 5) is 28.5. The molecular formula is C18H17N3O3. The largest absolute Gasteiger partial charge is 0.463 e. The van der Waals surface area contributed by atoms with E-state index < -0.39 is 0 Å². The second-order valence-electron chi connectivity index (χ2n) is 5.28. The maximum atomic E-state index is 12.2. The van der Waals surface area contributed by atoms with Crippen molar-refractivity contribution in [2.75, 3.05) is 5.32 Å². The van der Waals surface area contributed by atoms with Crippen molar-refractivity contribution in [3.8, 4) is 11.5 Å². The molecule has 2 heterocycles. The number of hydrogen-bond donors (Lipinski definition) is 1. The number of aromatic nitrogens is 2. The van der Waals surface area contributed by atoms with Crippen molar-refractivity contribution in [2.45, 2.75) is 19.9 Å². The van der Waals surface area contributed by atoms with E-state index in [2.05, 4.69) is 10.3 Å². The zero-order chi connectivity index (χ0) is 16.9. The molecule has 0 saturated heterocycles. The third-order valence-electron chi connectivity index (χ3n) is 3.64. The van der Waals surface area contributed by atoms with Crippen LogP contribution in [0, 0.1) is 0 Å². The number of carbonyl (C=O) groups is 1. The standard InChI is InChI=1S/C18H17N3O3/c1-2-13-6-3-4-7-14(13)20-17(22)11-21-12-19-15(10-18(21)23)16-8-5-9-24-16/h3-10,12H,2,11H2,1H3,(H,20,22). The summed E-state index contributed by atoms with van der Waals surface area (Å²) in [5.74, 6) is 0.242. The van der Waals surface area contributed by atoms with E-state index in [4.69, 9.17) is 4.42 Å². The number of nitrogens with one attached hydrogen (secondary N) is 1. The summed E-state index contributed by atoms with van der Waals surface area (Å²) >= 11 is 0. The fraction of sp³-hybridized carbons (Fsp3) is 0.167. The highest BCUT2D eigenvalue weighted by molar-refractivity contribution is 5.91. The Balaban J connectivity index is 1.74. The third kappa shape index (κ3) is 3.43. The van der Waals surface area contributed by atoms with E-state index >= 15 is 0 Å². The minimum absolute atomic E-state index is 0.0949. The highest BCUT2D eigenvalue weighted by Crippen LogP contribution is 2.16. The van der Waals surface area contributed by atoms with Crippen LogP contribution < -0.4 is 10.9 Å². The van der Waals surface area contributed by atoms with Crippen LogP contribution in [0.15, 0.2) is 64.3 Å². The predicted octanol–water partition coefficient (Wildman–Crippen LogP) is 2.70. The third-order valence-corrected chi connectivity index (χ3v) is 3.64. The lowest BCUT2D eigenvalue weighted by atomic mass is 10.1. The molecule has 0 fully saturated rings. The molecule has 3 aromatic rings. The molecule has 0 aliphatic rings. The second kappa shape index (κ2) is 6.95. The van der Waals surface area contributed by atoms with Crippen LogP contribution in [-0.4, -0.2) is 15.5 Å². The molecule has 2 aromatic heterocycles. The first-order chi connectivity index (χ1) is 11.7. The summed E-state index contributed by atoms with van der Waals surface area (Å²) in [5.41, 5.74) is 1.94. The summed E-state index contributed by atoms with van der Waals surface area (Å²) in [6.07, 6.45) is 3.68. The lowest BCUT2D eigenvalue weighted by Gasteiger charge is -2.10. The number of para-hydroxylation sites is 1. The highest BCUT2D eigenvalue weighted by Gasteiger charge is 2.10. The van der Waals surface area contributed by atoms with Gasteiger partial charge in [-0.3, -0.25) is 14.2 Å². The lowest BCUT2D eigenvalue weighted by molar-refractivity contribution is -0.116. The second-order valence-corrected chi connectivity index (χ2v) is 5.28. The van der Waals surface area contributed by atoms with Crippen molar-refractivity contribution in [1.29, 1.82) is 0 Å². The van der Waals surface area contributed by atoms with Gasteiger partial charge in [0.2, 0.25) is 5.91 Å². The molecule has 0 saturated carbocycles. The Hall–Kier alpha value is -3.15. The predicted molar refractivity (Wildman–Crippen MR) is 90.6 cm³/mol. The highest BCUT2D eigenvalue weighted by atomic mass is 16.3. The Bertz CT molecular complexity index is 898. The molecule has 1 N–H and O–H groups in total. The number of furan rings is 1. The van der Waals surface area contributed by atoms with Crippen molar-refractivity contribution in [3.63, 3.8) is 0 Å². The number of rotatable bonds is 5. The molecular weight excluding hydrogens is 306 g/mol. The zero-order valence-electron chi connectivity index (χ0n) is 13.2. The summed E-state index contributed by atoms with van der Waals surface area (Å²) in [6, 6.07) is 12.4. The normalized spacial score (nSPS) is 10.5. The van der Waals surface area contributed by atoms with E-state index in [1.165, 1.54) is 23.2 Å². The molecule has 0 spiro atoms. The maximum absolute atomic E-state index is 12.2. The van der Waals surface area contributed by atoms with Crippen LogP contribution in [0.1, 0.15) is 12.5 Å². The number of amides is 1. The Labute approximate surface area is 138 Å². The van der Waals surface area contributed by atoms with Gasteiger partial charge < -0.3 is 9.73 Å². The van der Waals surface area contributed by atoms with Crippen molar-refractivity contribution in [2.24, 2.45) is 0 Å². The van der Waals surface area contributed by atoms with Crippen LogP contribution in [0.5, 0.6) is 0 Å². The molecule has 0 unspecified atom stereocenters. The molecule has 6 heteroatoms. The van der Waals surface area contributed by atoms with Crippen molar-refractivity contribution in [1.82, 2.24) is 9.55 Å². The SMILES string of the molecule is CCc1ccccc1NC(=O)Cn1cnc(-c2ccco2)cc1=O. The first-order valence-electron chi connectivity index (χ1n) is 7.65. The molecule has 122 valence electrons. The quantitative estimate of drug-likeness (QED) is 0.783. The fourth-order valence-electron chi connectivity index (χ4n) is 2.40.